The number of amides is 1. The number of rotatable bonds is 7. The van der Waals surface area contributed by atoms with Crippen LogP contribution in [0.2, 0.25) is 0 Å². The van der Waals surface area contributed by atoms with E-state index in [0.717, 1.165) is 5.56 Å². The third-order valence-electron chi connectivity index (χ3n) is 5.27. The molecule has 0 spiro atoms. The second-order valence-electron chi connectivity index (χ2n) is 7.52. The van der Waals surface area contributed by atoms with Crippen molar-refractivity contribution in [2.24, 2.45) is 0 Å². The van der Waals surface area contributed by atoms with E-state index in [0.29, 0.717) is 17.9 Å². The number of ether oxygens (including phenoxy) is 1. The van der Waals surface area contributed by atoms with Crippen LogP contribution in [0.15, 0.2) is 61.2 Å². The number of Topliss-reactive ketones (excluding diaryl/α,β-unsaturated/α-hetero) is 1. The number of hydrogen-bond donors (Lipinski definition) is 0. The Morgan fingerprint density at radius 2 is 1.81 bits per heavy atom. The Morgan fingerprint density at radius 3 is 2.44 bits per heavy atom. The number of carbonyl (C=O) groups excluding carboxylic acids is 2. The number of hydrogen-bond acceptors (Lipinski definition) is 5. The Kier molecular flexibility index (Phi) is 6.22. The van der Waals surface area contributed by atoms with Crippen molar-refractivity contribution in [1.82, 2.24) is 19.7 Å². The number of ketones is 1. The molecule has 1 saturated heterocycles. The Hall–Kier alpha value is -4.06. The highest BCUT2D eigenvalue weighted by Gasteiger charge is 2.42. The highest BCUT2D eigenvalue weighted by Crippen LogP contribution is 2.25. The summed E-state index contributed by atoms with van der Waals surface area (Å²) in [6.45, 7) is 7.53. The van der Waals surface area contributed by atoms with Crippen molar-refractivity contribution in [1.29, 1.82) is 0 Å². The predicted octanol–water partition coefficient (Wildman–Crippen LogP) is 2.91. The standard InChI is InChI=1S/C23H20FN5O3/c1-25-18-11-21(29(12-18)23(31)13-28-15-26-14-27-28)22(30)10-16-2-6-19(7-3-16)32-20-8-4-17(24)5-9-20/h2-9,14-15,18,21H,10-13H2/t18-,21+/m1/s1. The second-order valence-corrected chi connectivity index (χ2v) is 7.52. The number of nitrogens with zero attached hydrogens (tertiary/aromatic N) is 5. The lowest BCUT2D eigenvalue weighted by molar-refractivity contribution is -0.138. The molecule has 0 unspecified atom stereocenters. The van der Waals surface area contributed by atoms with E-state index in [9.17, 15) is 14.0 Å². The van der Waals surface area contributed by atoms with Crippen molar-refractivity contribution in [3.63, 3.8) is 0 Å². The molecule has 2 heterocycles. The summed E-state index contributed by atoms with van der Waals surface area (Å²) in [6, 6.07) is 11.7. The van der Waals surface area contributed by atoms with Crippen molar-refractivity contribution in [3.8, 4) is 11.5 Å². The summed E-state index contributed by atoms with van der Waals surface area (Å²) in [5, 5.41) is 3.93. The van der Waals surface area contributed by atoms with Gasteiger partial charge in [0, 0.05) is 6.42 Å². The summed E-state index contributed by atoms with van der Waals surface area (Å²) in [7, 11) is 0. The van der Waals surface area contributed by atoms with Gasteiger partial charge in [0.1, 0.15) is 36.5 Å². The number of halogens is 1. The number of aromatic nitrogens is 3. The average molecular weight is 433 g/mol. The van der Waals surface area contributed by atoms with Crippen molar-refractivity contribution < 1.29 is 18.7 Å². The van der Waals surface area contributed by atoms with Crippen LogP contribution in [0.4, 0.5) is 4.39 Å². The van der Waals surface area contributed by atoms with E-state index in [4.69, 9.17) is 11.3 Å². The molecule has 1 aliphatic heterocycles. The molecule has 8 nitrogen and oxygen atoms in total. The van der Waals surface area contributed by atoms with Crippen molar-refractivity contribution >= 4 is 11.7 Å². The minimum atomic E-state index is -0.639. The van der Waals surface area contributed by atoms with Crippen LogP contribution in [0.25, 0.3) is 4.85 Å². The molecule has 9 heteroatoms. The van der Waals surface area contributed by atoms with Crippen molar-refractivity contribution in [3.05, 3.63) is 84.0 Å². The van der Waals surface area contributed by atoms with Crippen LogP contribution in [0.3, 0.4) is 0 Å². The van der Waals surface area contributed by atoms with Crippen molar-refractivity contribution in [2.45, 2.75) is 31.5 Å². The number of carbonyl (C=O) groups is 2. The summed E-state index contributed by atoms with van der Waals surface area (Å²) in [4.78, 5) is 34.6. The molecular formula is C23H20FN5O3. The van der Waals surface area contributed by atoms with Crippen LogP contribution in [0, 0.1) is 12.4 Å². The largest absolute Gasteiger partial charge is 0.457 e. The Balaban J connectivity index is 1.40. The average Bonchev–Trinajstić information content (AvgIpc) is 3.46. The summed E-state index contributed by atoms with van der Waals surface area (Å²) in [6.07, 6.45) is 3.24. The van der Waals surface area contributed by atoms with Gasteiger partial charge in [-0.15, -0.1) is 0 Å². The van der Waals surface area contributed by atoms with E-state index in [1.165, 1.54) is 46.5 Å². The molecule has 1 aromatic heterocycles. The third kappa shape index (κ3) is 4.98. The maximum absolute atomic E-state index is 13.0. The maximum atomic E-state index is 13.0. The lowest BCUT2D eigenvalue weighted by atomic mass is 10.0. The molecule has 32 heavy (non-hydrogen) atoms. The lowest BCUT2D eigenvalue weighted by Crippen LogP contribution is -2.42. The highest BCUT2D eigenvalue weighted by molar-refractivity contribution is 5.91. The normalized spacial score (nSPS) is 17.7. The first-order valence-corrected chi connectivity index (χ1v) is 10.1. The zero-order chi connectivity index (χ0) is 22.5. The fraction of sp³-hybridized carbons (Fsp3) is 0.261. The predicted molar refractivity (Wildman–Crippen MR) is 112 cm³/mol. The minimum absolute atomic E-state index is 0.0239. The van der Waals surface area contributed by atoms with E-state index in [-0.39, 0.29) is 37.0 Å². The van der Waals surface area contributed by atoms with Crippen LogP contribution in [-0.4, -0.2) is 50.0 Å². The van der Waals surface area contributed by atoms with Gasteiger partial charge < -0.3 is 14.5 Å². The van der Waals surface area contributed by atoms with Crippen molar-refractivity contribution in [2.75, 3.05) is 6.54 Å². The first-order valence-electron chi connectivity index (χ1n) is 10.1. The first kappa shape index (κ1) is 21.2. The van der Waals surface area contributed by atoms with E-state index in [2.05, 4.69) is 14.9 Å². The molecule has 1 aliphatic rings. The van der Waals surface area contributed by atoms with E-state index >= 15 is 0 Å². The van der Waals surface area contributed by atoms with Gasteiger partial charge in [0.05, 0.1) is 19.0 Å². The molecule has 3 aromatic rings. The third-order valence-corrected chi connectivity index (χ3v) is 5.27. The fourth-order valence-electron chi connectivity index (χ4n) is 3.67. The molecule has 0 saturated carbocycles. The summed E-state index contributed by atoms with van der Waals surface area (Å²) in [5.74, 6) is 0.352. The van der Waals surface area contributed by atoms with Crippen LogP contribution >= 0.6 is 0 Å². The topological polar surface area (TPSA) is 81.7 Å². The van der Waals surface area contributed by atoms with E-state index in [1.54, 1.807) is 24.3 Å². The summed E-state index contributed by atoms with van der Waals surface area (Å²) in [5.41, 5.74) is 0.774. The van der Waals surface area contributed by atoms with Crippen LogP contribution in [0.5, 0.6) is 11.5 Å². The highest BCUT2D eigenvalue weighted by atomic mass is 19.1. The zero-order valence-corrected chi connectivity index (χ0v) is 17.1. The van der Waals surface area contributed by atoms with Gasteiger partial charge in [0.15, 0.2) is 5.78 Å². The zero-order valence-electron chi connectivity index (χ0n) is 17.1. The molecule has 0 bridgehead atoms. The number of likely N-dealkylation sites (tertiary alicyclic amines) is 1. The molecule has 162 valence electrons. The molecule has 4 rings (SSSR count). The first-order chi connectivity index (χ1) is 15.5. The van der Waals surface area contributed by atoms with Crippen LogP contribution < -0.4 is 4.74 Å². The van der Waals surface area contributed by atoms with Crippen LogP contribution in [-0.2, 0) is 22.6 Å². The Morgan fingerprint density at radius 1 is 1.12 bits per heavy atom. The number of benzene rings is 2. The van der Waals surface area contributed by atoms with Gasteiger partial charge in [-0.3, -0.25) is 9.59 Å². The summed E-state index contributed by atoms with van der Waals surface area (Å²) < 4.78 is 20.1. The van der Waals surface area contributed by atoms with Gasteiger partial charge in [-0.2, -0.15) is 5.10 Å². The van der Waals surface area contributed by atoms with Gasteiger partial charge in [0.25, 0.3) is 0 Å². The Bertz CT molecular complexity index is 1120. The SMILES string of the molecule is [C-]#[N+][C@@H]1C[C@@H](C(=O)Cc2ccc(Oc3ccc(F)cc3)cc2)N(C(=O)Cn2cncn2)C1. The second kappa shape index (κ2) is 9.39. The molecule has 0 aliphatic carbocycles. The monoisotopic (exact) mass is 433 g/mol. The quantitative estimate of drug-likeness (QED) is 0.535. The van der Waals surface area contributed by atoms with E-state index in [1.807, 2.05) is 0 Å². The smallest absolute Gasteiger partial charge is 0.245 e. The van der Waals surface area contributed by atoms with E-state index < -0.39 is 12.1 Å². The Labute approximate surface area is 184 Å². The van der Waals surface area contributed by atoms with Gasteiger partial charge in [-0.05, 0) is 42.0 Å². The van der Waals surface area contributed by atoms with Gasteiger partial charge in [0.2, 0.25) is 11.9 Å². The molecular weight excluding hydrogens is 413 g/mol. The molecule has 2 atom stereocenters. The molecule has 2 aromatic carbocycles. The molecule has 1 amide bonds. The molecule has 0 N–H and O–H groups in total. The molecule has 0 radical (unpaired) electrons. The van der Waals surface area contributed by atoms with Gasteiger partial charge in [-0.1, -0.05) is 12.1 Å². The summed E-state index contributed by atoms with van der Waals surface area (Å²) >= 11 is 0. The lowest BCUT2D eigenvalue weighted by Gasteiger charge is -2.22. The molecule has 1 fully saturated rings. The van der Waals surface area contributed by atoms with Gasteiger partial charge in [-0.25, -0.2) is 20.6 Å². The maximum Gasteiger partial charge on any atom is 0.245 e. The van der Waals surface area contributed by atoms with Crippen LogP contribution in [0.1, 0.15) is 12.0 Å². The van der Waals surface area contributed by atoms with Gasteiger partial charge >= 0.3 is 0 Å². The minimum Gasteiger partial charge on any atom is -0.457 e. The fourth-order valence-corrected chi connectivity index (χ4v) is 3.67.